The lowest BCUT2D eigenvalue weighted by Gasteiger charge is -1.93. The van der Waals surface area contributed by atoms with Crippen molar-refractivity contribution in [3.05, 3.63) is 0 Å². The monoisotopic (exact) mass is 104 g/mol. The van der Waals surface area contributed by atoms with E-state index in [1.165, 1.54) is 0 Å². The van der Waals surface area contributed by atoms with Gasteiger partial charge < -0.3 is 11.1 Å². The molecular formula is C3H8N2S. The number of hydrogen-bond donors (Lipinski definition) is 2. The highest BCUT2D eigenvalue weighted by Crippen LogP contribution is 1.59. The van der Waals surface area contributed by atoms with E-state index in [0.29, 0.717) is 6.67 Å². The van der Waals surface area contributed by atoms with Gasteiger partial charge in [0.2, 0.25) is 0 Å². The Labute approximate surface area is 42.7 Å². The zero-order valence-electron chi connectivity index (χ0n) is 3.69. The first-order valence-electron chi connectivity index (χ1n) is 1.72. The lowest BCUT2D eigenvalue weighted by molar-refractivity contribution is 0.936. The summed E-state index contributed by atoms with van der Waals surface area (Å²) in [4.78, 5) is 0.748. The summed E-state index contributed by atoms with van der Waals surface area (Å²) in [6.45, 7) is 2.23. The second kappa shape index (κ2) is 3.06. The fourth-order valence-electron chi connectivity index (χ4n) is 0.144. The molecule has 3 heteroatoms. The van der Waals surface area contributed by atoms with E-state index >= 15 is 0 Å². The van der Waals surface area contributed by atoms with Crippen LogP contribution in [0.15, 0.2) is 0 Å². The van der Waals surface area contributed by atoms with Crippen LogP contribution < -0.4 is 11.1 Å². The highest BCUT2D eigenvalue weighted by molar-refractivity contribution is 7.80. The van der Waals surface area contributed by atoms with Crippen LogP contribution in [-0.2, 0) is 0 Å². The van der Waals surface area contributed by atoms with Gasteiger partial charge in [0.1, 0.15) is 0 Å². The van der Waals surface area contributed by atoms with Crippen LogP contribution in [0.25, 0.3) is 0 Å². The topological polar surface area (TPSA) is 38.0 Å². The highest BCUT2D eigenvalue weighted by atomic mass is 32.1. The van der Waals surface area contributed by atoms with Crippen molar-refractivity contribution in [3.8, 4) is 0 Å². The number of nitrogens with two attached hydrogens (primary N) is 1. The van der Waals surface area contributed by atoms with Crippen molar-refractivity contribution in [2.75, 3.05) is 6.67 Å². The van der Waals surface area contributed by atoms with Gasteiger partial charge in [-0.05, 0) is 6.92 Å². The van der Waals surface area contributed by atoms with Crippen molar-refractivity contribution < 1.29 is 0 Å². The van der Waals surface area contributed by atoms with Crippen molar-refractivity contribution in [1.82, 2.24) is 5.32 Å². The van der Waals surface area contributed by atoms with E-state index in [1.54, 1.807) is 6.92 Å². The van der Waals surface area contributed by atoms with Crippen molar-refractivity contribution in [3.63, 3.8) is 0 Å². The van der Waals surface area contributed by atoms with Gasteiger partial charge in [0.05, 0.1) is 11.7 Å². The number of hydrogen-bond acceptors (Lipinski definition) is 2. The molecule has 0 heterocycles. The van der Waals surface area contributed by atoms with Crippen LogP contribution in [0.3, 0.4) is 0 Å². The van der Waals surface area contributed by atoms with Gasteiger partial charge in [-0.1, -0.05) is 12.2 Å². The van der Waals surface area contributed by atoms with Crippen LogP contribution in [-0.4, -0.2) is 11.7 Å². The number of nitrogens with one attached hydrogen (secondary N) is 1. The van der Waals surface area contributed by atoms with Crippen LogP contribution >= 0.6 is 12.2 Å². The first kappa shape index (κ1) is 5.85. The molecule has 0 radical (unpaired) electrons. The van der Waals surface area contributed by atoms with E-state index in [1.807, 2.05) is 0 Å². The zero-order chi connectivity index (χ0) is 4.99. The molecule has 0 atom stereocenters. The maximum absolute atomic E-state index is 5.03. The Morgan fingerprint density at radius 2 is 2.50 bits per heavy atom. The zero-order valence-corrected chi connectivity index (χ0v) is 4.51. The average molecular weight is 104 g/mol. The molecule has 6 heavy (non-hydrogen) atoms. The second-order valence-electron chi connectivity index (χ2n) is 0.937. The fourth-order valence-corrected chi connectivity index (χ4v) is 0.227. The van der Waals surface area contributed by atoms with E-state index in [4.69, 9.17) is 5.73 Å². The molecule has 0 bridgehead atoms. The quantitative estimate of drug-likeness (QED) is 0.358. The molecule has 0 aliphatic rings. The van der Waals surface area contributed by atoms with E-state index < -0.39 is 0 Å². The molecule has 0 aliphatic heterocycles. The first-order valence-corrected chi connectivity index (χ1v) is 2.12. The van der Waals surface area contributed by atoms with Gasteiger partial charge >= 0.3 is 0 Å². The SMILES string of the molecule is CC(=S)NCN. The van der Waals surface area contributed by atoms with Crippen molar-refractivity contribution in [2.24, 2.45) is 5.73 Å². The maximum atomic E-state index is 5.03. The third-order valence-electron chi connectivity index (χ3n) is 0.351. The van der Waals surface area contributed by atoms with Gasteiger partial charge in [0.15, 0.2) is 0 Å². The molecule has 0 aromatic carbocycles. The molecule has 0 rings (SSSR count). The molecule has 36 valence electrons. The summed E-state index contributed by atoms with van der Waals surface area (Å²) in [7, 11) is 0. The van der Waals surface area contributed by atoms with E-state index in [2.05, 4.69) is 17.5 Å². The summed E-state index contributed by atoms with van der Waals surface area (Å²) >= 11 is 4.60. The van der Waals surface area contributed by atoms with Gasteiger partial charge in [0.25, 0.3) is 0 Å². The fraction of sp³-hybridized carbons (Fsp3) is 0.667. The van der Waals surface area contributed by atoms with Gasteiger partial charge in [-0.25, -0.2) is 0 Å². The first-order chi connectivity index (χ1) is 2.77. The lowest BCUT2D eigenvalue weighted by Crippen LogP contribution is -2.25. The molecule has 0 saturated heterocycles. The highest BCUT2D eigenvalue weighted by Gasteiger charge is 1.73. The Balaban J connectivity index is 2.83. The van der Waals surface area contributed by atoms with Crippen LogP contribution in [0.2, 0.25) is 0 Å². The van der Waals surface area contributed by atoms with Crippen LogP contribution in [0.1, 0.15) is 6.92 Å². The van der Waals surface area contributed by atoms with Crippen molar-refractivity contribution >= 4 is 17.2 Å². The molecule has 3 N–H and O–H groups in total. The average Bonchev–Trinajstić information content (AvgIpc) is 1.35. The van der Waals surface area contributed by atoms with Gasteiger partial charge in [-0.2, -0.15) is 0 Å². The molecule has 0 unspecified atom stereocenters. The number of rotatable bonds is 1. The van der Waals surface area contributed by atoms with Gasteiger partial charge in [-0.3, -0.25) is 0 Å². The molecule has 0 saturated carbocycles. The molecule has 0 aromatic heterocycles. The smallest absolute Gasteiger partial charge is 0.0731 e. The normalized spacial score (nSPS) is 7.67. The lowest BCUT2D eigenvalue weighted by atomic mass is 10.7. The van der Waals surface area contributed by atoms with Crippen LogP contribution in [0.5, 0.6) is 0 Å². The van der Waals surface area contributed by atoms with E-state index in [9.17, 15) is 0 Å². The summed E-state index contributed by atoms with van der Waals surface area (Å²) in [6.07, 6.45) is 0. The minimum absolute atomic E-state index is 0.440. The van der Waals surface area contributed by atoms with Crippen LogP contribution in [0, 0.1) is 0 Å². The Morgan fingerprint density at radius 1 is 2.00 bits per heavy atom. The van der Waals surface area contributed by atoms with Crippen molar-refractivity contribution in [2.45, 2.75) is 6.92 Å². The third kappa shape index (κ3) is 3.85. The molecule has 0 aromatic rings. The minimum atomic E-state index is 0.440. The summed E-state index contributed by atoms with van der Waals surface area (Å²) in [6, 6.07) is 0. The number of thiocarbonyl (C=S) groups is 1. The predicted molar refractivity (Wildman–Crippen MR) is 30.5 cm³/mol. The van der Waals surface area contributed by atoms with E-state index in [-0.39, 0.29) is 0 Å². The molecular weight excluding hydrogens is 96.1 g/mol. The summed E-state index contributed by atoms with van der Waals surface area (Å²) in [5, 5.41) is 2.72. The molecule has 0 aliphatic carbocycles. The standard InChI is InChI=1S/C3H8N2S/c1-3(6)5-2-4/h2,4H2,1H3,(H,5,6). The predicted octanol–water partition coefficient (Wildman–Crippen LogP) is -0.160. The minimum Gasteiger partial charge on any atom is -0.368 e. The molecule has 0 spiro atoms. The maximum Gasteiger partial charge on any atom is 0.0731 e. The molecule has 0 amide bonds. The van der Waals surface area contributed by atoms with E-state index in [0.717, 1.165) is 4.99 Å². The van der Waals surface area contributed by atoms with Crippen molar-refractivity contribution in [1.29, 1.82) is 0 Å². The Kier molecular flexibility index (Phi) is 2.98. The largest absolute Gasteiger partial charge is 0.368 e. The second-order valence-corrected chi connectivity index (χ2v) is 1.55. The summed E-state index contributed by atoms with van der Waals surface area (Å²) in [5.74, 6) is 0. The van der Waals surface area contributed by atoms with Gasteiger partial charge in [0, 0.05) is 0 Å². The van der Waals surface area contributed by atoms with Crippen LogP contribution in [0.4, 0.5) is 0 Å². The third-order valence-corrected chi connectivity index (χ3v) is 0.495. The molecule has 2 nitrogen and oxygen atoms in total. The summed E-state index contributed by atoms with van der Waals surface area (Å²) < 4.78 is 0. The molecule has 0 fully saturated rings. The summed E-state index contributed by atoms with van der Waals surface area (Å²) in [5.41, 5.74) is 5.03. The Morgan fingerprint density at radius 3 is 2.50 bits per heavy atom. The van der Waals surface area contributed by atoms with Gasteiger partial charge in [-0.15, -0.1) is 0 Å². The Bertz CT molecular complexity index is 52.8. The Hall–Kier alpha value is -0.150.